The number of carbonyl (C=O) groups excluding carboxylic acids is 2. The Morgan fingerprint density at radius 1 is 0.853 bits per heavy atom. The highest BCUT2D eigenvalue weighted by atomic mass is 35.7. The molecule has 0 radical (unpaired) electrons. The molecule has 0 aromatic carbocycles. The molecule has 0 spiro atoms. The second-order valence-corrected chi connectivity index (χ2v) is 10.8. The molecule has 0 fully saturated rings. The lowest BCUT2D eigenvalue weighted by Crippen LogP contribution is -2.12. The van der Waals surface area contributed by atoms with Crippen molar-refractivity contribution in [2.75, 3.05) is 13.2 Å². The number of hydrogen-bond donors (Lipinski definition) is 1. The molecule has 0 aliphatic heterocycles. The van der Waals surface area contributed by atoms with Gasteiger partial charge in [-0.15, -0.1) is 0 Å². The molecule has 0 unspecified atom stereocenters. The van der Waals surface area contributed by atoms with Crippen LogP contribution in [0.4, 0.5) is 0 Å². The van der Waals surface area contributed by atoms with E-state index in [-0.39, 0.29) is 59.3 Å². The summed E-state index contributed by atoms with van der Waals surface area (Å²) < 4.78 is 56.5. The molecule has 34 heavy (non-hydrogen) atoms. The number of carbonyl (C=O) groups is 2. The lowest BCUT2D eigenvalue weighted by atomic mass is 10.4. The van der Waals surface area contributed by atoms with Gasteiger partial charge in [0.15, 0.2) is 0 Å². The first-order chi connectivity index (χ1) is 14.6. The Morgan fingerprint density at radius 2 is 1.18 bits per heavy atom. The van der Waals surface area contributed by atoms with E-state index in [9.17, 15) is 26.4 Å². The first-order valence-electron chi connectivity index (χ1n) is 8.59. The highest BCUT2D eigenvalue weighted by Crippen LogP contribution is 2.30. The van der Waals surface area contributed by atoms with Gasteiger partial charge >= 0.3 is 11.9 Å². The third-order valence-electron chi connectivity index (χ3n) is 3.68. The number of nitrogens with two attached hydrogens (primary N) is 1. The molecule has 11 nitrogen and oxygen atoms in total. The number of sulfonamides is 1. The van der Waals surface area contributed by atoms with Crippen molar-refractivity contribution in [3.05, 3.63) is 33.8 Å². The first-order valence-corrected chi connectivity index (χ1v) is 13.2. The van der Waals surface area contributed by atoms with Crippen LogP contribution in [0.2, 0.25) is 10.0 Å². The average Bonchev–Trinajstić information content (AvgIpc) is 3.11. The maximum absolute atomic E-state index is 11.5. The van der Waals surface area contributed by atoms with Gasteiger partial charge in [-0.25, -0.2) is 31.6 Å². The Bertz CT molecular complexity index is 1140. The van der Waals surface area contributed by atoms with Crippen LogP contribution in [0.1, 0.15) is 49.7 Å². The quantitative estimate of drug-likeness (QED) is 0.399. The summed E-state index contributed by atoms with van der Waals surface area (Å²) in [7, 11) is 0.192. The van der Waals surface area contributed by atoms with Crippen molar-refractivity contribution in [3.63, 3.8) is 0 Å². The molecule has 2 aromatic heterocycles. The molecule has 0 saturated carbocycles. The fourth-order valence-corrected chi connectivity index (χ4v) is 5.23. The summed E-state index contributed by atoms with van der Waals surface area (Å²) in [6.07, 6.45) is 2.33. The van der Waals surface area contributed by atoms with Gasteiger partial charge in [-0.2, -0.15) is 0 Å². The summed E-state index contributed by atoms with van der Waals surface area (Å²) in [5.41, 5.74) is -0.0738. The van der Waals surface area contributed by atoms with Crippen molar-refractivity contribution in [2.24, 2.45) is 19.2 Å². The highest BCUT2D eigenvalue weighted by Gasteiger charge is 2.26. The van der Waals surface area contributed by atoms with Crippen LogP contribution in [0.3, 0.4) is 0 Å². The van der Waals surface area contributed by atoms with E-state index in [0.29, 0.717) is 0 Å². The fraction of sp³-hybridized carbons (Fsp3) is 0.444. The summed E-state index contributed by atoms with van der Waals surface area (Å²) in [4.78, 5) is 22.3. The van der Waals surface area contributed by atoms with Crippen molar-refractivity contribution in [3.8, 4) is 0 Å². The highest BCUT2D eigenvalue weighted by molar-refractivity contribution is 8.13. The molecule has 0 atom stereocenters. The maximum Gasteiger partial charge on any atom is 0.356 e. The number of aromatic nitrogens is 2. The number of primary sulfonamides is 1. The van der Waals surface area contributed by atoms with Gasteiger partial charge in [0.2, 0.25) is 10.0 Å². The second kappa shape index (κ2) is 13.4. The van der Waals surface area contributed by atoms with Gasteiger partial charge < -0.3 is 18.6 Å². The van der Waals surface area contributed by atoms with E-state index in [4.69, 9.17) is 48.5 Å². The van der Waals surface area contributed by atoms with Crippen LogP contribution in [-0.2, 0) is 42.6 Å². The van der Waals surface area contributed by atoms with E-state index in [1.165, 1.54) is 29.4 Å². The number of rotatable bonds is 6. The maximum atomic E-state index is 11.5. The molecule has 2 aromatic rings. The minimum Gasteiger partial charge on any atom is -0.461 e. The van der Waals surface area contributed by atoms with Crippen molar-refractivity contribution < 1.29 is 35.9 Å². The SMILES string of the molecule is C.C.CCOC(=O)c1c(Cl)c(S(=O)(=O)Cl)cn1C.CCOC(=O)c1c(Cl)c(S(N)(=O)=O)cn1C. The number of nitrogens with zero attached hydrogens (tertiary/aromatic N) is 2. The number of hydrogen-bond acceptors (Lipinski definition) is 8. The standard InChI is InChI=1S/C8H9Cl2NO4S.C8H11ClN2O4S.2CH4/c2*1-3-15-8(12)7-6(9)5(4-11(7)2)16(10,13)14;;/h4H,3H2,1-2H3;4H,3H2,1-2H3,(H2,10,13,14);2*1H4. The third kappa shape index (κ3) is 8.17. The molecule has 0 bridgehead atoms. The minimum atomic E-state index is -3.97. The largest absolute Gasteiger partial charge is 0.461 e. The zero-order valence-corrected chi connectivity index (χ0v) is 21.2. The topological polar surface area (TPSA) is 157 Å². The number of halogens is 3. The lowest BCUT2D eigenvalue weighted by Gasteiger charge is -2.02. The molecule has 0 aliphatic rings. The van der Waals surface area contributed by atoms with Crippen molar-refractivity contribution >= 4 is 64.9 Å². The molecule has 2 N–H and O–H groups in total. The van der Waals surface area contributed by atoms with Gasteiger partial charge in [0.05, 0.1) is 23.3 Å². The van der Waals surface area contributed by atoms with Crippen LogP contribution < -0.4 is 5.14 Å². The van der Waals surface area contributed by atoms with Crippen LogP contribution in [0.15, 0.2) is 22.2 Å². The van der Waals surface area contributed by atoms with Crippen LogP contribution in [0.5, 0.6) is 0 Å². The van der Waals surface area contributed by atoms with Gasteiger partial charge in [0.25, 0.3) is 9.05 Å². The number of aryl methyl sites for hydroxylation is 2. The van der Waals surface area contributed by atoms with Crippen molar-refractivity contribution in [1.29, 1.82) is 0 Å². The van der Waals surface area contributed by atoms with Gasteiger partial charge in [-0.3, -0.25) is 0 Å². The molecular weight excluding hydrogens is 557 g/mol. The summed E-state index contributed by atoms with van der Waals surface area (Å²) in [5, 5.41) is 4.49. The third-order valence-corrected chi connectivity index (χ3v) is 6.93. The minimum absolute atomic E-state index is 0. The van der Waals surface area contributed by atoms with Gasteiger partial charge in [0, 0.05) is 37.2 Å². The molecule has 196 valence electrons. The van der Waals surface area contributed by atoms with E-state index in [1.807, 2.05) is 0 Å². The van der Waals surface area contributed by atoms with Crippen LogP contribution >= 0.6 is 33.9 Å². The molecule has 0 aliphatic carbocycles. The van der Waals surface area contributed by atoms with Crippen LogP contribution in [0.25, 0.3) is 0 Å². The van der Waals surface area contributed by atoms with E-state index in [2.05, 4.69) is 0 Å². The second-order valence-electron chi connectivity index (χ2n) is 5.96. The van der Waals surface area contributed by atoms with Gasteiger partial charge in [-0.05, 0) is 13.8 Å². The predicted molar refractivity (Wildman–Crippen MR) is 131 cm³/mol. The van der Waals surface area contributed by atoms with Gasteiger partial charge in [0.1, 0.15) is 21.2 Å². The zero-order chi connectivity index (χ0) is 25.0. The van der Waals surface area contributed by atoms with E-state index in [0.717, 1.165) is 6.20 Å². The number of ether oxygens (including phenoxy) is 2. The summed E-state index contributed by atoms with van der Waals surface area (Å²) in [6.45, 7) is 3.61. The van der Waals surface area contributed by atoms with E-state index >= 15 is 0 Å². The predicted octanol–water partition coefficient (Wildman–Crippen LogP) is 3.56. The Hall–Kier alpha value is -1.77. The number of esters is 2. The molecule has 2 rings (SSSR count). The monoisotopic (exact) mass is 583 g/mol. The molecule has 2 heterocycles. The van der Waals surface area contributed by atoms with E-state index in [1.54, 1.807) is 13.8 Å². The fourth-order valence-electron chi connectivity index (χ4n) is 2.37. The van der Waals surface area contributed by atoms with Crippen LogP contribution in [0, 0.1) is 0 Å². The Labute approximate surface area is 214 Å². The van der Waals surface area contributed by atoms with E-state index < -0.39 is 31.0 Å². The van der Waals surface area contributed by atoms with Crippen molar-refractivity contribution in [2.45, 2.75) is 38.5 Å². The molecule has 16 heteroatoms. The first kappa shape index (κ1) is 34.4. The van der Waals surface area contributed by atoms with Gasteiger partial charge in [-0.1, -0.05) is 38.1 Å². The Morgan fingerprint density at radius 3 is 1.41 bits per heavy atom. The zero-order valence-electron chi connectivity index (χ0n) is 17.3. The Balaban J connectivity index is 0. The summed E-state index contributed by atoms with van der Waals surface area (Å²) in [5.74, 6) is -1.38. The molecular formula is C18H28Cl3N3O8S2. The normalized spacial score (nSPS) is 10.8. The lowest BCUT2D eigenvalue weighted by molar-refractivity contribution is 0.0506. The van der Waals surface area contributed by atoms with Crippen LogP contribution in [-0.4, -0.2) is 51.1 Å². The van der Waals surface area contributed by atoms with Crippen molar-refractivity contribution in [1.82, 2.24) is 9.13 Å². The smallest absolute Gasteiger partial charge is 0.356 e. The molecule has 0 amide bonds. The summed E-state index contributed by atoms with van der Waals surface area (Å²) in [6, 6.07) is 0. The summed E-state index contributed by atoms with van der Waals surface area (Å²) >= 11 is 11.5. The average molecular weight is 585 g/mol. The Kier molecular flexibility index (Phi) is 13.5. The molecule has 0 saturated heterocycles.